The molecular formula is C23H27N5O. The van der Waals surface area contributed by atoms with Crippen molar-refractivity contribution < 1.29 is 4.79 Å². The van der Waals surface area contributed by atoms with E-state index in [9.17, 15) is 4.79 Å². The molecule has 5 rings (SSSR count). The minimum atomic E-state index is 0.244. The van der Waals surface area contributed by atoms with Crippen molar-refractivity contribution in [2.45, 2.75) is 31.8 Å². The number of likely N-dealkylation sites (tertiary alicyclic amines) is 1. The van der Waals surface area contributed by atoms with E-state index in [0.29, 0.717) is 18.3 Å². The Bertz CT molecular complexity index is 1030. The van der Waals surface area contributed by atoms with Crippen molar-refractivity contribution in [3.8, 4) is 11.3 Å². The molecule has 3 aromatic rings. The first-order valence-electron chi connectivity index (χ1n) is 10.4. The number of nitrogens with zero attached hydrogens (tertiary/aromatic N) is 5. The van der Waals surface area contributed by atoms with E-state index in [4.69, 9.17) is 0 Å². The zero-order valence-electron chi connectivity index (χ0n) is 17.1. The highest BCUT2D eigenvalue weighted by Crippen LogP contribution is 2.31. The predicted octanol–water partition coefficient (Wildman–Crippen LogP) is 2.66. The summed E-state index contributed by atoms with van der Waals surface area (Å²) in [6, 6.07) is 15.4. The summed E-state index contributed by atoms with van der Waals surface area (Å²) in [6.45, 7) is 3.26. The first-order chi connectivity index (χ1) is 14.1. The van der Waals surface area contributed by atoms with Crippen molar-refractivity contribution in [2.75, 3.05) is 27.2 Å². The molecule has 6 nitrogen and oxygen atoms in total. The van der Waals surface area contributed by atoms with Crippen molar-refractivity contribution in [1.82, 2.24) is 24.4 Å². The third-order valence-electron chi connectivity index (χ3n) is 6.09. The summed E-state index contributed by atoms with van der Waals surface area (Å²) in [7, 11) is 4.30. The van der Waals surface area contributed by atoms with E-state index in [0.717, 1.165) is 49.4 Å². The molecule has 0 unspecified atom stereocenters. The normalized spacial score (nSPS) is 17.8. The lowest BCUT2D eigenvalue weighted by molar-refractivity contribution is -0.119. The van der Waals surface area contributed by atoms with E-state index < -0.39 is 0 Å². The van der Waals surface area contributed by atoms with Gasteiger partial charge < -0.3 is 4.90 Å². The molecule has 1 aromatic carbocycles. The first kappa shape index (κ1) is 18.5. The number of carbonyl (C=O) groups is 1. The second-order valence-corrected chi connectivity index (χ2v) is 8.63. The molecule has 1 aliphatic carbocycles. The van der Waals surface area contributed by atoms with Crippen LogP contribution in [0.3, 0.4) is 0 Å². The molecule has 6 heteroatoms. The molecular weight excluding hydrogens is 362 g/mol. The maximum atomic E-state index is 12.1. The summed E-state index contributed by atoms with van der Waals surface area (Å²) in [5.41, 5.74) is 4.23. The third kappa shape index (κ3) is 3.82. The average molecular weight is 390 g/mol. The van der Waals surface area contributed by atoms with Gasteiger partial charge in [0.2, 0.25) is 0 Å². The standard InChI is InChI=1S/C23H27N5O/c1-26(2)19-14-27(15-19)13-16-6-8-17(9-7-16)20-4-3-5-23-24-22(25-28(20)23)12-21(29)18-10-11-18/h3-9,18-19H,10-15H2,1-2H3. The van der Waals surface area contributed by atoms with Crippen LogP contribution in [0.25, 0.3) is 16.9 Å². The summed E-state index contributed by atoms with van der Waals surface area (Å²) >= 11 is 0. The smallest absolute Gasteiger partial charge is 0.159 e. The van der Waals surface area contributed by atoms with E-state index in [1.54, 1.807) is 0 Å². The zero-order chi connectivity index (χ0) is 20.0. The van der Waals surface area contributed by atoms with Crippen LogP contribution >= 0.6 is 0 Å². The van der Waals surface area contributed by atoms with E-state index in [-0.39, 0.29) is 11.7 Å². The lowest BCUT2D eigenvalue weighted by Gasteiger charge is -2.42. The van der Waals surface area contributed by atoms with Gasteiger partial charge in [0, 0.05) is 37.2 Å². The lowest BCUT2D eigenvalue weighted by Crippen LogP contribution is -2.56. The second-order valence-electron chi connectivity index (χ2n) is 8.63. The molecule has 2 fully saturated rings. The SMILES string of the molecule is CN(C)C1CN(Cc2ccc(-c3cccc4nc(CC(=O)C5CC5)nn34)cc2)C1. The number of hydrogen-bond acceptors (Lipinski definition) is 5. The number of likely N-dealkylation sites (N-methyl/N-ethyl adjacent to an activating group) is 1. The zero-order valence-corrected chi connectivity index (χ0v) is 17.1. The van der Waals surface area contributed by atoms with Crippen LogP contribution < -0.4 is 0 Å². The van der Waals surface area contributed by atoms with Crippen molar-refractivity contribution in [2.24, 2.45) is 5.92 Å². The molecule has 1 saturated heterocycles. The minimum absolute atomic E-state index is 0.244. The van der Waals surface area contributed by atoms with Crippen LogP contribution in [0.4, 0.5) is 0 Å². The van der Waals surface area contributed by atoms with Gasteiger partial charge in [0.15, 0.2) is 11.5 Å². The van der Waals surface area contributed by atoms with Gasteiger partial charge >= 0.3 is 0 Å². The molecule has 0 radical (unpaired) electrons. The number of fused-ring (bicyclic) bond motifs is 1. The number of Topliss-reactive ketones (excluding diaryl/α,β-unsaturated/α-hetero) is 1. The fraction of sp³-hybridized carbons (Fsp3) is 0.435. The molecule has 2 aliphatic rings. The summed E-state index contributed by atoms with van der Waals surface area (Å²) < 4.78 is 1.86. The van der Waals surface area contributed by atoms with Gasteiger partial charge in [-0.3, -0.25) is 9.69 Å². The minimum Gasteiger partial charge on any atom is -0.304 e. The predicted molar refractivity (Wildman–Crippen MR) is 113 cm³/mol. The van der Waals surface area contributed by atoms with Crippen LogP contribution in [0, 0.1) is 5.92 Å². The van der Waals surface area contributed by atoms with E-state index in [1.165, 1.54) is 5.56 Å². The van der Waals surface area contributed by atoms with Gasteiger partial charge in [-0.2, -0.15) is 5.10 Å². The summed E-state index contributed by atoms with van der Waals surface area (Å²) in [5.74, 6) is 1.14. The Balaban J connectivity index is 1.32. The first-order valence-corrected chi connectivity index (χ1v) is 10.4. The molecule has 0 N–H and O–H groups in total. The van der Waals surface area contributed by atoms with Crippen molar-refractivity contribution in [3.05, 3.63) is 53.9 Å². The van der Waals surface area contributed by atoms with Crippen LogP contribution in [0.15, 0.2) is 42.5 Å². The van der Waals surface area contributed by atoms with Gasteiger partial charge in [0.05, 0.1) is 12.1 Å². The van der Waals surface area contributed by atoms with Gasteiger partial charge in [-0.1, -0.05) is 30.3 Å². The van der Waals surface area contributed by atoms with Gasteiger partial charge in [-0.15, -0.1) is 0 Å². The quantitative estimate of drug-likeness (QED) is 0.622. The van der Waals surface area contributed by atoms with Gasteiger partial charge in [0.25, 0.3) is 0 Å². The number of pyridine rings is 1. The maximum absolute atomic E-state index is 12.1. The average Bonchev–Trinajstić information content (AvgIpc) is 3.44. The monoisotopic (exact) mass is 389 g/mol. The Morgan fingerprint density at radius 2 is 1.86 bits per heavy atom. The number of carbonyl (C=O) groups excluding carboxylic acids is 1. The molecule has 29 heavy (non-hydrogen) atoms. The van der Waals surface area contributed by atoms with Gasteiger partial charge in [0.1, 0.15) is 5.78 Å². The van der Waals surface area contributed by atoms with Crippen LogP contribution in [0.5, 0.6) is 0 Å². The number of ketones is 1. The Kier molecular flexibility index (Phi) is 4.68. The Morgan fingerprint density at radius 3 is 2.55 bits per heavy atom. The number of rotatable bonds is 7. The summed E-state index contributed by atoms with van der Waals surface area (Å²) in [5, 5.41) is 4.63. The maximum Gasteiger partial charge on any atom is 0.159 e. The molecule has 3 heterocycles. The Labute approximate surface area is 171 Å². The second kappa shape index (κ2) is 7.35. The Hall–Kier alpha value is -2.57. The third-order valence-corrected chi connectivity index (χ3v) is 6.09. The number of aromatic nitrogens is 3. The van der Waals surface area contributed by atoms with Crippen molar-refractivity contribution >= 4 is 11.4 Å². The number of hydrogen-bond donors (Lipinski definition) is 0. The summed E-state index contributed by atoms with van der Waals surface area (Å²) in [6.07, 6.45) is 2.39. The topological polar surface area (TPSA) is 53.7 Å². The molecule has 0 amide bonds. The van der Waals surface area contributed by atoms with Crippen molar-refractivity contribution in [1.29, 1.82) is 0 Å². The largest absolute Gasteiger partial charge is 0.304 e. The van der Waals surface area contributed by atoms with Crippen LogP contribution in [0.2, 0.25) is 0 Å². The fourth-order valence-corrected chi connectivity index (χ4v) is 3.99. The van der Waals surface area contributed by atoms with E-state index in [1.807, 2.05) is 16.6 Å². The summed E-state index contributed by atoms with van der Waals surface area (Å²) in [4.78, 5) is 21.5. The highest BCUT2D eigenvalue weighted by molar-refractivity contribution is 5.84. The van der Waals surface area contributed by atoms with E-state index in [2.05, 4.69) is 64.3 Å². The molecule has 0 bridgehead atoms. The Morgan fingerprint density at radius 1 is 1.10 bits per heavy atom. The van der Waals surface area contributed by atoms with Gasteiger partial charge in [-0.25, -0.2) is 9.50 Å². The van der Waals surface area contributed by atoms with Crippen LogP contribution in [0.1, 0.15) is 24.2 Å². The molecule has 2 aromatic heterocycles. The van der Waals surface area contributed by atoms with E-state index >= 15 is 0 Å². The highest BCUT2D eigenvalue weighted by atomic mass is 16.1. The fourth-order valence-electron chi connectivity index (χ4n) is 3.99. The lowest BCUT2D eigenvalue weighted by atomic mass is 10.0. The molecule has 1 saturated carbocycles. The molecule has 0 spiro atoms. The molecule has 0 atom stereocenters. The highest BCUT2D eigenvalue weighted by Gasteiger charge is 2.30. The molecule has 1 aliphatic heterocycles. The van der Waals surface area contributed by atoms with Crippen molar-refractivity contribution in [3.63, 3.8) is 0 Å². The number of benzene rings is 1. The van der Waals surface area contributed by atoms with Crippen LogP contribution in [-0.4, -0.2) is 63.4 Å². The molecule has 150 valence electrons. The van der Waals surface area contributed by atoms with Gasteiger partial charge in [-0.05, 0) is 44.6 Å². The van der Waals surface area contributed by atoms with Crippen LogP contribution in [-0.2, 0) is 17.8 Å².